The number of rotatable bonds is 22. The minimum absolute atomic E-state index is 0.0511. The summed E-state index contributed by atoms with van der Waals surface area (Å²) in [5.74, 6) is -0.0464. The van der Waals surface area contributed by atoms with Crippen LogP contribution in [0.1, 0.15) is 63.4 Å². The van der Waals surface area contributed by atoms with Crippen LogP contribution < -0.4 is 9.47 Å². The fourth-order valence-corrected chi connectivity index (χ4v) is 9.21. The zero-order valence-electron chi connectivity index (χ0n) is 34.4. The van der Waals surface area contributed by atoms with E-state index in [-0.39, 0.29) is 77.0 Å². The van der Waals surface area contributed by atoms with Gasteiger partial charge in [-0.25, -0.2) is 4.79 Å². The number of unbranched alkanes of at least 4 members (excludes halogenated alkanes) is 2. The normalized spacial score (nSPS) is 23.6. The van der Waals surface area contributed by atoms with Crippen LogP contribution >= 0.6 is 0 Å². The van der Waals surface area contributed by atoms with Crippen LogP contribution in [-0.4, -0.2) is 104 Å². The molecule has 0 bridgehead atoms. The molecule has 6 rings (SSSR count). The van der Waals surface area contributed by atoms with Crippen LogP contribution in [0, 0.1) is 17.8 Å². The van der Waals surface area contributed by atoms with Gasteiger partial charge in [0.05, 0.1) is 44.7 Å². The summed E-state index contributed by atoms with van der Waals surface area (Å²) in [7, 11) is 1.52. The Kier molecular flexibility index (Phi) is 16.0. The number of ether oxygens (including phenoxy) is 5. The average molecular weight is 813 g/mol. The van der Waals surface area contributed by atoms with Crippen LogP contribution in [0.2, 0.25) is 0 Å². The molecule has 12 nitrogen and oxygen atoms in total. The zero-order valence-corrected chi connectivity index (χ0v) is 34.4. The maximum absolute atomic E-state index is 14.0. The summed E-state index contributed by atoms with van der Waals surface area (Å²) in [5, 5.41) is 33.8. The maximum Gasteiger partial charge on any atom is 0.410 e. The van der Waals surface area contributed by atoms with Crippen LogP contribution in [0.4, 0.5) is 4.79 Å². The Bertz CT molecular complexity index is 1870. The molecule has 59 heavy (non-hydrogen) atoms. The predicted octanol–water partition coefficient (Wildman–Crippen LogP) is 7.88. The van der Waals surface area contributed by atoms with Gasteiger partial charge in [0, 0.05) is 37.7 Å². The van der Waals surface area contributed by atoms with E-state index < -0.39 is 23.8 Å². The van der Waals surface area contributed by atoms with Crippen LogP contribution in [0.3, 0.4) is 0 Å². The van der Waals surface area contributed by atoms with Gasteiger partial charge in [0.1, 0.15) is 30.4 Å². The van der Waals surface area contributed by atoms with Crippen LogP contribution in [-0.2, 0) is 19.0 Å². The van der Waals surface area contributed by atoms with Gasteiger partial charge < -0.3 is 43.8 Å². The molecule has 3 aromatic rings. The Labute approximate surface area is 348 Å². The lowest BCUT2D eigenvalue weighted by atomic mass is 9.55. The Morgan fingerprint density at radius 1 is 0.932 bits per heavy atom. The minimum atomic E-state index is -1.44. The summed E-state index contributed by atoms with van der Waals surface area (Å²) < 4.78 is 32.1. The SMILES string of the molecule is C=CCO[C@@]12Oc3ccc(Oc4ccc(-c5ccccc5)cc4)cc3[C@H]3[C@H](CCCCO)[C@@H](CCCCO)C=C(C(=NOC)C[C@@H]1N(CCOCCO)C(=O)OCC)[C@H]32. The number of hydrogen-bond donors (Lipinski definition) is 3. The Morgan fingerprint density at radius 2 is 1.66 bits per heavy atom. The van der Waals surface area contributed by atoms with E-state index in [2.05, 4.69) is 36.0 Å². The number of nitrogens with zero attached hydrogens (tertiary/aromatic N) is 2. The van der Waals surface area contributed by atoms with E-state index >= 15 is 0 Å². The zero-order chi connectivity index (χ0) is 41.6. The van der Waals surface area contributed by atoms with E-state index in [1.165, 1.54) is 7.11 Å². The number of oxime groups is 1. The standard InChI is InChI=1S/C47H60N2O10/c1-4-27-57-47-43(49(46(53)56-5-2)23-28-55-29-26-52)32-41(48-54-3)39-30-35(15-9-11-24-50)38(16-10-12-25-51)44(45(39)47)40-31-37(21-22-42(40)59-47)58-36-19-17-34(18-20-36)33-13-7-6-8-14-33/h4,6-8,13-14,17-22,30-31,35,38,43-45,50-52H,1,5,9-12,15-16,23-29,32H2,2-3H3/t35-,38+,43-,44+,45+,47+/m0/s1. The van der Waals surface area contributed by atoms with E-state index in [0.29, 0.717) is 35.8 Å². The molecule has 0 saturated heterocycles. The van der Waals surface area contributed by atoms with Crippen molar-refractivity contribution >= 4 is 11.8 Å². The van der Waals surface area contributed by atoms with Gasteiger partial charge in [-0.2, -0.15) is 0 Å². The van der Waals surface area contributed by atoms with Gasteiger partial charge in [0.15, 0.2) is 0 Å². The molecule has 3 aromatic carbocycles. The first-order valence-electron chi connectivity index (χ1n) is 21.0. The second kappa shape index (κ2) is 21.5. The van der Waals surface area contributed by atoms with Crippen molar-refractivity contribution in [1.29, 1.82) is 0 Å². The summed E-state index contributed by atoms with van der Waals surface area (Å²) in [4.78, 5) is 21.2. The molecular formula is C47H60N2O10. The Hall–Kier alpha value is -4.72. The fourth-order valence-electron chi connectivity index (χ4n) is 9.21. The number of aliphatic hydroxyl groups is 3. The summed E-state index contributed by atoms with van der Waals surface area (Å²) in [6.07, 6.45) is 8.24. The lowest BCUT2D eigenvalue weighted by Gasteiger charge is -2.59. The molecule has 0 unspecified atom stereocenters. The smallest absolute Gasteiger partial charge is 0.410 e. The van der Waals surface area contributed by atoms with Crippen molar-refractivity contribution in [3.05, 3.63) is 103 Å². The summed E-state index contributed by atoms with van der Waals surface area (Å²) >= 11 is 0. The largest absolute Gasteiger partial charge is 0.459 e. The third-order valence-corrected chi connectivity index (χ3v) is 11.6. The second-order valence-electron chi connectivity index (χ2n) is 15.2. The molecular weight excluding hydrogens is 753 g/mol. The molecule has 3 aliphatic rings. The molecule has 3 N–H and O–H groups in total. The van der Waals surface area contributed by atoms with Gasteiger partial charge in [0.25, 0.3) is 0 Å². The topological polar surface area (TPSA) is 149 Å². The number of benzene rings is 3. The van der Waals surface area contributed by atoms with Gasteiger partial charge >= 0.3 is 6.09 Å². The van der Waals surface area contributed by atoms with Gasteiger partial charge in [-0.15, -0.1) is 6.58 Å². The van der Waals surface area contributed by atoms with Gasteiger partial charge in [-0.05, 0) is 91.5 Å². The first kappa shape index (κ1) is 43.8. The molecule has 2 aliphatic carbocycles. The molecule has 1 heterocycles. The van der Waals surface area contributed by atoms with E-state index in [9.17, 15) is 20.1 Å². The number of allylic oxidation sites excluding steroid dienone is 1. The van der Waals surface area contributed by atoms with E-state index in [0.717, 1.165) is 47.9 Å². The van der Waals surface area contributed by atoms with Gasteiger partial charge in [0.2, 0.25) is 5.79 Å². The summed E-state index contributed by atoms with van der Waals surface area (Å²) in [6.45, 7) is 6.47. The average Bonchev–Trinajstić information content (AvgIpc) is 3.25. The van der Waals surface area contributed by atoms with Crippen LogP contribution in [0.15, 0.2) is 102 Å². The summed E-state index contributed by atoms with van der Waals surface area (Å²) in [6, 6.07) is 23.4. The van der Waals surface area contributed by atoms with Crippen LogP contribution in [0.5, 0.6) is 17.2 Å². The minimum Gasteiger partial charge on any atom is -0.459 e. The molecule has 6 atom stereocenters. The van der Waals surface area contributed by atoms with Crippen molar-refractivity contribution in [2.24, 2.45) is 22.9 Å². The Morgan fingerprint density at radius 3 is 2.36 bits per heavy atom. The highest BCUT2D eigenvalue weighted by Gasteiger charge is 2.65. The molecule has 12 heteroatoms. The molecule has 318 valence electrons. The third-order valence-electron chi connectivity index (χ3n) is 11.6. The highest BCUT2D eigenvalue weighted by molar-refractivity contribution is 6.03. The molecule has 1 amide bonds. The molecule has 1 fully saturated rings. The molecule has 0 radical (unpaired) electrons. The van der Waals surface area contributed by atoms with E-state index in [4.69, 9.17) is 28.5 Å². The number of amides is 1. The number of fused-ring (bicyclic) bond motifs is 2. The predicted molar refractivity (Wildman–Crippen MR) is 226 cm³/mol. The van der Waals surface area contributed by atoms with Crippen molar-refractivity contribution in [3.8, 4) is 28.4 Å². The third kappa shape index (κ3) is 10.0. The van der Waals surface area contributed by atoms with Crippen LogP contribution in [0.25, 0.3) is 11.1 Å². The maximum atomic E-state index is 14.0. The lowest BCUT2D eigenvalue weighted by Crippen LogP contribution is -2.70. The monoisotopic (exact) mass is 812 g/mol. The van der Waals surface area contributed by atoms with E-state index in [1.807, 2.05) is 54.6 Å². The van der Waals surface area contributed by atoms with Crippen molar-refractivity contribution in [3.63, 3.8) is 0 Å². The number of aliphatic hydroxyl groups excluding tert-OH is 3. The molecule has 0 aromatic heterocycles. The first-order chi connectivity index (χ1) is 28.9. The second-order valence-corrected chi connectivity index (χ2v) is 15.2. The number of carbonyl (C=O) groups is 1. The highest BCUT2D eigenvalue weighted by Crippen LogP contribution is 2.62. The van der Waals surface area contributed by atoms with Crippen molar-refractivity contribution < 1.29 is 48.6 Å². The highest BCUT2D eigenvalue weighted by atomic mass is 16.7. The first-order valence-corrected chi connectivity index (χ1v) is 21.0. The van der Waals surface area contributed by atoms with Gasteiger partial charge in [-0.3, -0.25) is 4.90 Å². The van der Waals surface area contributed by atoms with Gasteiger partial charge in [-0.1, -0.05) is 72.6 Å². The van der Waals surface area contributed by atoms with Crippen molar-refractivity contribution in [2.75, 3.05) is 59.9 Å². The van der Waals surface area contributed by atoms with Crippen molar-refractivity contribution in [1.82, 2.24) is 4.90 Å². The van der Waals surface area contributed by atoms with E-state index in [1.54, 1.807) is 17.9 Å². The van der Waals surface area contributed by atoms with Crippen molar-refractivity contribution in [2.45, 2.75) is 69.6 Å². The molecule has 1 saturated carbocycles. The summed E-state index contributed by atoms with van der Waals surface area (Å²) in [5.41, 5.74) is 4.76. The molecule has 1 aliphatic heterocycles. The lowest BCUT2D eigenvalue weighted by molar-refractivity contribution is -0.256. The Balaban J connectivity index is 1.51. The molecule has 0 spiro atoms. The number of hydrogen-bond acceptors (Lipinski definition) is 11. The fraction of sp³-hybridized carbons (Fsp3) is 0.489. The number of carbonyl (C=O) groups excluding carboxylic acids is 1. The quantitative estimate of drug-likeness (QED) is 0.0520.